The summed E-state index contributed by atoms with van der Waals surface area (Å²) in [7, 11) is 0. The Bertz CT molecular complexity index is 545. The van der Waals surface area contributed by atoms with Crippen molar-refractivity contribution in [2.24, 2.45) is 5.92 Å². The topological polar surface area (TPSA) is 44.9 Å². The number of para-hydroxylation sites is 1. The number of amides is 1. The first-order chi connectivity index (χ1) is 8.08. The van der Waals surface area contributed by atoms with Gasteiger partial charge >= 0.3 is 0 Å². The predicted molar refractivity (Wildman–Crippen MR) is 70.5 cm³/mol. The molecule has 0 aliphatic rings. The number of hydrogen-bond acceptors (Lipinski definition) is 1. The molecule has 4 heteroatoms. The van der Waals surface area contributed by atoms with Gasteiger partial charge in [-0.1, -0.05) is 37.6 Å². The van der Waals surface area contributed by atoms with Crippen molar-refractivity contribution < 1.29 is 4.79 Å². The molecule has 2 N–H and O–H groups in total. The maximum Gasteiger partial charge on any atom is 0.267 e. The zero-order valence-corrected chi connectivity index (χ0v) is 10.6. The van der Waals surface area contributed by atoms with Gasteiger partial charge in [-0.05, 0) is 18.1 Å². The second kappa shape index (κ2) is 4.80. The third kappa shape index (κ3) is 2.61. The minimum Gasteiger partial charge on any atom is -0.351 e. The van der Waals surface area contributed by atoms with Crippen molar-refractivity contribution in [3.05, 3.63) is 35.0 Å². The van der Waals surface area contributed by atoms with Crippen molar-refractivity contribution in [3.63, 3.8) is 0 Å². The zero-order chi connectivity index (χ0) is 12.4. The molecule has 0 fully saturated rings. The van der Waals surface area contributed by atoms with Gasteiger partial charge in [0.25, 0.3) is 5.91 Å². The predicted octanol–water partition coefficient (Wildman–Crippen LogP) is 3.21. The Kier molecular flexibility index (Phi) is 3.38. The second-order valence-corrected chi connectivity index (χ2v) is 4.90. The van der Waals surface area contributed by atoms with E-state index in [1.54, 1.807) is 6.07 Å². The maximum atomic E-state index is 11.8. The molecule has 2 rings (SSSR count). The minimum atomic E-state index is -0.0917. The van der Waals surface area contributed by atoms with E-state index in [1.165, 1.54) is 0 Å². The van der Waals surface area contributed by atoms with Crippen LogP contribution < -0.4 is 5.32 Å². The largest absolute Gasteiger partial charge is 0.351 e. The number of aromatic amines is 1. The fourth-order valence-corrected chi connectivity index (χ4v) is 1.86. The highest BCUT2D eigenvalue weighted by atomic mass is 35.5. The number of aromatic nitrogens is 1. The van der Waals surface area contributed by atoms with Crippen molar-refractivity contribution in [1.82, 2.24) is 10.3 Å². The number of halogens is 1. The molecule has 0 unspecified atom stereocenters. The Labute approximate surface area is 105 Å². The average Bonchev–Trinajstić information content (AvgIpc) is 2.71. The van der Waals surface area contributed by atoms with Crippen LogP contribution in [0.5, 0.6) is 0 Å². The van der Waals surface area contributed by atoms with E-state index in [1.807, 2.05) is 18.2 Å². The summed E-state index contributed by atoms with van der Waals surface area (Å²) >= 11 is 6.04. The molecule has 0 saturated heterocycles. The highest BCUT2D eigenvalue weighted by molar-refractivity contribution is 6.35. The Morgan fingerprint density at radius 3 is 2.88 bits per heavy atom. The Balaban J connectivity index is 2.24. The van der Waals surface area contributed by atoms with Crippen LogP contribution in [0.4, 0.5) is 0 Å². The summed E-state index contributed by atoms with van der Waals surface area (Å²) in [5, 5.41) is 4.45. The molecule has 1 amide bonds. The normalized spacial score (nSPS) is 11.1. The van der Waals surface area contributed by atoms with Crippen molar-refractivity contribution in [2.45, 2.75) is 13.8 Å². The lowest BCUT2D eigenvalue weighted by Crippen LogP contribution is -2.27. The summed E-state index contributed by atoms with van der Waals surface area (Å²) in [5.41, 5.74) is 1.36. The average molecular weight is 251 g/mol. The van der Waals surface area contributed by atoms with Crippen LogP contribution in [0.15, 0.2) is 24.3 Å². The van der Waals surface area contributed by atoms with Gasteiger partial charge in [-0.15, -0.1) is 0 Å². The molecule has 17 heavy (non-hydrogen) atoms. The summed E-state index contributed by atoms with van der Waals surface area (Å²) in [4.78, 5) is 14.9. The Hall–Kier alpha value is -1.48. The van der Waals surface area contributed by atoms with E-state index >= 15 is 0 Å². The fourth-order valence-electron chi connectivity index (χ4n) is 1.63. The van der Waals surface area contributed by atoms with Crippen LogP contribution in [-0.4, -0.2) is 17.4 Å². The van der Waals surface area contributed by atoms with E-state index in [0.717, 1.165) is 10.9 Å². The first kappa shape index (κ1) is 12.0. The van der Waals surface area contributed by atoms with Crippen LogP contribution >= 0.6 is 11.6 Å². The summed E-state index contributed by atoms with van der Waals surface area (Å²) in [6, 6.07) is 7.41. The number of fused-ring (bicyclic) bond motifs is 1. The number of hydrogen-bond donors (Lipinski definition) is 2. The number of benzene rings is 1. The van der Waals surface area contributed by atoms with Crippen LogP contribution in [0.2, 0.25) is 5.02 Å². The maximum absolute atomic E-state index is 11.8. The van der Waals surface area contributed by atoms with E-state index in [2.05, 4.69) is 24.1 Å². The van der Waals surface area contributed by atoms with E-state index in [4.69, 9.17) is 11.6 Å². The molecule has 1 aromatic heterocycles. The molecule has 90 valence electrons. The van der Waals surface area contributed by atoms with Crippen molar-refractivity contribution in [1.29, 1.82) is 0 Å². The quantitative estimate of drug-likeness (QED) is 0.863. The Morgan fingerprint density at radius 2 is 2.24 bits per heavy atom. The molecular weight excluding hydrogens is 236 g/mol. The lowest BCUT2D eigenvalue weighted by molar-refractivity contribution is 0.0945. The molecule has 0 saturated carbocycles. The number of H-pyrrole nitrogens is 1. The van der Waals surface area contributed by atoms with Crippen LogP contribution in [-0.2, 0) is 0 Å². The summed E-state index contributed by atoms with van der Waals surface area (Å²) in [5.74, 6) is 0.345. The van der Waals surface area contributed by atoms with Gasteiger partial charge in [0.05, 0.1) is 10.5 Å². The highest BCUT2D eigenvalue weighted by Crippen LogP contribution is 2.23. The van der Waals surface area contributed by atoms with Crippen molar-refractivity contribution >= 4 is 28.4 Å². The van der Waals surface area contributed by atoms with E-state index in [-0.39, 0.29) is 5.91 Å². The van der Waals surface area contributed by atoms with Crippen molar-refractivity contribution in [2.75, 3.05) is 6.54 Å². The van der Waals surface area contributed by atoms with Gasteiger partial charge < -0.3 is 10.3 Å². The summed E-state index contributed by atoms with van der Waals surface area (Å²) < 4.78 is 0. The van der Waals surface area contributed by atoms with Gasteiger partial charge in [0, 0.05) is 11.9 Å². The highest BCUT2D eigenvalue weighted by Gasteiger charge is 2.10. The summed E-state index contributed by atoms with van der Waals surface area (Å²) in [6.07, 6.45) is 0. The summed E-state index contributed by atoms with van der Waals surface area (Å²) in [6.45, 7) is 4.78. The number of rotatable bonds is 3. The van der Waals surface area contributed by atoms with Crippen LogP contribution in [0, 0.1) is 5.92 Å². The smallest absolute Gasteiger partial charge is 0.267 e. The molecule has 0 aliphatic heterocycles. The number of carbonyl (C=O) groups is 1. The molecule has 0 aliphatic carbocycles. The van der Waals surface area contributed by atoms with Gasteiger partial charge in [0.1, 0.15) is 5.69 Å². The zero-order valence-electron chi connectivity index (χ0n) is 9.88. The van der Waals surface area contributed by atoms with Gasteiger partial charge in [-0.25, -0.2) is 0 Å². The second-order valence-electron chi connectivity index (χ2n) is 4.49. The van der Waals surface area contributed by atoms with Crippen LogP contribution in [0.25, 0.3) is 10.9 Å². The molecular formula is C13H15ClN2O. The van der Waals surface area contributed by atoms with Gasteiger partial charge in [0.15, 0.2) is 0 Å². The SMILES string of the molecule is CC(C)CNC(=O)c1cc2cccc(Cl)c2[nH]1. The molecule has 0 spiro atoms. The first-order valence-electron chi connectivity index (χ1n) is 5.63. The molecule has 0 bridgehead atoms. The number of carbonyl (C=O) groups excluding carboxylic acids is 1. The standard InChI is InChI=1S/C13H15ClN2O/c1-8(2)7-15-13(17)11-6-9-4-3-5-10(14)12(9)16-11/h3-6,8,16H,7H2,1-2H3,(H,15,17). The fraction of sp³-hybridized carbons (Fsp3) is 0.308. The number of nitrogens with one attached hydrogen (secondary N) is 2. The van der Waals surface area contributed by atoms with Gasteiger partial charge in [-0.3, -0.25) is 4.79 Å². The molecule has 2 aromatic rings. The monoisotopic (exact) mass is 250 g/mol. The van der Waals surface area contributed by atoms with Crippen LogP contribution in [0.1, 0.15) is 24.3 Å². The molecule has 3 nitrogen and oxygen atoms in total. The van der Waals surface area contributed by atoms with Crippen molar-refractivity contribution in [3.8, 4) is 0 Å². The lowest BCUT2D eigenvalue weighted by atomic mass is 10.2. The van der Waals surface area contributed by atoms with E-state index < -0.39 is 0 Å². The minimum absolute atomic E-state index is 0.0917. The third-order valence-corrected chi connectivity index (χ3v) is 2.84. The van der Waals surface area contributed by atoms with E-state index in [9.17, 15) is 4.79 Å². The Morgan fingerprint density at radius 1 is 1.47 bits per heavy atom. The van der Waals surface area contributed by atoms with Crippen LogP contribution in [0.3, 0.4) is 0 Å². The molecule has 0 radical (unpaired) electrons. The van der Waals surface area contributed by atoms with E-state index in [0.29, 0.717) is 23.2 Å². The first-order valence-corrected chi connectivity index (χ1v) is 6.01. The van der Waals surface area contributed by atoms with Gasteiger partial charge in [0.2, 0.25) is 0 Å². The lowest BCUT2D eigenvalue weighted by Gasteiger charge is -2.05. The molecule has 1 aromatic carbocycles. The molecule has 0 atom stereocenters. The molecule has 1 heterocycles. The third-order valence-electron chi connectivity index (χ3n) is 2.52. The van der Waals surface area contributed by atoms with Gasteiger partial charge in [-0.2, -0.15) is 0 Å².